The van der Waals surface area contributed by atoms with E-state index in [1.807, 2.05) is 24.4 Å². The van der Waals surface area contributed by atoms with Crippen LogP contribution in [-0.2, 0) is 6.42 Å². The smallest absolute Gasteiger partial charge is 0.191 e. The van der Waals surface area contributed by atoms with Crippen molar-refractivity contribution < 1.29 is 0 Å². The molecule has 0 saturated heterocycles. The standard InChI is InChI=1S/C7H9N.2CH3.Al/c1-2-7-5-3-4-6-8-7;;;/h3-6H,2H2,1H3;2*1H3;. The van der Waals surface area contributed by atoms with E-state index >= 15 is 0 Å². The van der Waals surface area contributed by atoms with Crippen LogP contribution in [0.1, 0.15) is 12.6 Å². The van der Waals surface area contributed by atoms with Gasteiger partial charge in [0.2, 0.25) is 0 Å². The Morgan fingerprint density at radius 1 is 1.36 bits per heavy atom. The molecule has 0 unspecified atom stereocenters. The Kier molecular flexibility index (Phi) is 7.56. The van der Waals surface area contributed by atoms with Gasteiger partial charge in [-0.1, -0.05) is 13.0 Å². The summed E-state index contributed by atoms with van der Waals surface area (Å²) < 4.78 is 0. The summed E-state index contributed by atoms with van der Waals surface area (Å²) >= 11 is 0.750. The van der Waals surface area contributed by atoms with Crippen LogP contribution in [-0.4, -0.2) is 20.2 Å². The number of hydrogen-bond donors (Lipinski definition) is 0. The van der Waals surface area contributed by atoms with Gasteiger partial charge in [-0.2, -0.15) is 0 Å². The van der Waals surface area contributed by atoms with E-state index < -0.39 is 0 Å². The molecule has 0 fully saturated rings. The Hall–Kier alpha value is -0.318. The third kappa shape index (κ3) is 6.10. The van der Waals surface area contributed by atoms with Crippen molar-refractivity contribution in [1.82, 2.24) is 4.98 Å². The van der Waals surface area contributed by atoms with Gasteiger partial charge in [0.25, 0.3) is 0 Å². The molecular weight excluding hydrogens is 149 g/mol. The quantitative estimate of drug-likeness (QED) is 0.581. The summed E-state index contributed by atoms with van der Waals surface area (Å²) in [4.78, 5) is 4.10. The Labute approximate surface area is 75.6 Å². The first kappa shape index (κ1) is 10.7. The van der Waals surface area contributed by atoms with Crippen molar-refractivity contribution in [3.63, 3.8) is 0 Å². The zero-order valence-corrected chi connectivity index (χ0v) is 8.70. The minimum atomic E-state index is 0.750. The number of nitrogens with zero attached hydrogens (tertiary/aromatic N) is 1. The largest absolute Gasteiger partial charge is 0.261 e. The van der Waals surface area contributed by atoms with Crippen LogP contribution in [0.3, 0.4) is 0 Å². The maximum absolute atomic E-state index is 4.10. The molecule has 1 rings (SSSR count). The molecule has 1 aromatic rings. The van der Waals surface area contributed by atoms with Crippen LogP contribution in [0.4, 0.5) is 0 Å². The summed E-state index contributed by atoms with van der Waals surface area (Å²) in [5, 5.41) is 0. The lowest BCUT2D eigenvalue weighted by molar-refractivity contribution is 1.04. The average Bonchev–Trinajstić information content (AvgIpc) is 2.08. The minimum Gasteiger partial charge on any atom is -0.261 e. The van der Waals surface area contributed by atoms with Crippen molar-refractivity contribution in [3.8, 4) is 0 Å². The fourth-order valence-electron chi connectivity index (χ4n) is 0.607. The summed E-state index contributed by atoms with van der Waals surface area (Å²) in [5.74, 6) is 4.42. The van der Waals surface area contributed by atoms with Gasteiger partial charge in [0.05, 0.1) is 0 Å². The Morgan fingerprint density at radius 3 is 2.27 bits per heavy atom. The monoisotopic (exact) mass is 164 g/mol. The lowest BCUT2D eigenvalue weighted by Gasteiger charge is -1.88. The highest BCUT2D eigenvalue weighted by atomic mass is 27.1. The van der Waals surface area contributed by atoms with Gasteiger partial charge in [-0.05, 0) is 18.6 Å². The maximum atomic E-state index is 4.10. The van der Waals surface area contributed by atoms with Gasteiger partial charge < -0.3 is 0 Å². The molecule has 1 aromatic heterocycles. The van der Waals surface area contributed by atoms with Gasteiger partial charge in [0, 0.05) is 11.9 Å². The topological polar surface area (TPSA) is 12.9 Å². The van der Waals surface area contributed by atoms with Crippen LogP contribution in [0.25, 0.3) is 0 Å². The van der Waals surface area contributed by atoms with E-state index in [0.717, 1.165) is 27.3 Å². The first-order valence-electron chi connectivity index (χ1n) is 3.99. The van der Waals surface area contributed by atoms with Crippen LogP contribution in [0.2, 0.25) is 11.6 Å². The molecule has 0 saturated carbocycles. The van der Waals surface area contributed by atoms with Gasteiger partial charge >= 0.3 is 0 Å². The molecule has 1 heterocycles. The highest BCUT2D eigenvalue weighted by Gasteiger charge is 1.81. The van der Waals surface area contributed by atoms with E-state index in [0.29, 0.717) is 0 Å². The number of aryl methyl sites for hydroxylation is 1. The molecule has 0 atom stereocenters. The van der Waals surface area contributed by atoms with Gasteiger partial charge in [-0.25, -0.2) is 0 Å². The van der Waals surface area contributed by atoms with Crippen LogP contribution < -0.4 is 0 Å². The molecule has 0 aliphatic heterocycles. The summed E-state index contributed by atoms with van der Waals surface area (Å²) in [6.07, 6.45) is 2.85. The summed E-state index contributed by atoms with van der Waals surface area (Å²) in [5.41, 5.74) is 1.16. The van der Waals surface area contributed by atoms with E-state index in [4.69, 9.17) is 0 Å². The molecule has 1 nitrogen and oxygen atoms in total. The molecular formula is C9H15AlN. The Balaban J connectivity index is 0.000000292. The van der Waals surface area contributed by atoms with Crippen molar-refractivity contribution in [2.45, 2.75) is 24.9 Å². The van der Waals surface area contributed by atoms with Crippen LogP contribution in [0.5, 0.6) is 0 Å². The molecule has 2 heteroatoms. The lowest BCUT2D eigenvalue weighted by atomic mass is 10.3. The fourth-order valence-corrected chi connectivity index (χ4v) is 0.607. The van der Waals surface area contributed by atoms with Gasteiger partial charge in [0.15, 0.2) is 15.2 Å². The molecule has 0 bridgehead atoms. The molecule has 0 aromatic carbocycles. The highest BCUT2D eigenvalue weighted by Crippen LogP contribution is 1.91. The van der Waals surface area contributed by atoms with Crippen LogP contribution in [0.15, 0.2) is 24.4 Å². The molecule has 11 heavy (non-hydrogen) atoms. The molecule has 59 valence electrons. The van der Waals surface area contributed by atoms with Crippen molar-refractivity contribution in [1.29, 1.82) is 0 Å². The zero-order chi connectivity index (χ0) is 8.53. The minimum absolute atomic E-state index is 0.750. The summed E-state index contributed by atoms with van der Waals surface area (Å²) in [6, 6.07) is 5.96. The van der Waals surface area contributed by atoms with Gasteiger partial charge in [0.1, 0.15) is 0 Å². The fraction of sp³-hybridized carbons (Fsp3) is 0.444. The van der Waals surface area contributed by atoms with E-state index in [1.54, 1.807) is 0 Å². The second-order valence-corrected chi connectivity index (χ2v) is 3.41. The summed E-state index contributed by atoms with van der Waals surface area (Å²) in [6.45, 7) is 2.10. The first-order valence-corrected chi connectivity index (χ1v) is 6.30. The third-order valence-electron chi connectivity index (χ3n) is 1.09. The van der Waals surface area contributed by atoms with E-state index in [1.165, 1.54) is 0 Å². The van der Waals surface area contributed by atoms with Crippen LogP contribution in [0, 0.1) is 0 Å². The molecule has 0 aliphatic carbocycles. The predicted octanol–water partition coefficient (Wildman–Crippen LogP) is 2.43. The first-order chi connectivity index (χ1) is 5.35. The van der Waals surface area contributed by atoms with Gasteiger partial charge in [-0.15, -0.1) is 11.6 Å². The molecule has 0 aliphatic rings. The van der Waals surface area contributed by atoms with Crippen molar-refractivity contribution in [2.24, 2.45) is 0 Å². The van der Waals surface area contributed by atoms with E-state index in [9.17, 15) is 0 Å². The van der Waals surface area contributed by atoms with Gasteiger partial charge in [-0.3, -0.25) is 4.98 Å². The van der Waals surface area contributed by atoms with E-state index in [-0.39, 0.29) is 0 Å². The highest BCUT2D eigenvalue weighted by molar-refractivity contribution is 6.31. The third-order valence-corrected chi connectivity index (χ3v) is 1.09. The number of aromatic nitrogens is 1. The van der Waals surface area contributed by atoms with Crippen molar-refractivity contribution >= 4 is 15.2 Å². The van der Waals surface area contributed by atoms with Crippen molar-refractivity contribution in [2.75, 3.05) is 0 Å². The second kappa shape index (κ2) is 7.79. The Bertz CT molecular complexity index is 162. The summed E-state index contributed by atoms with van der Waals surface area (Å²) in [7, 11) is 0. The lowest BCUT2D eigenvalue weighted by Crippen LogP contribution is -1.81. The number of rotatable bonds is 1. The Morgan fingerprint density at radius 2 is 2.00 bits per heavy atom. The molecule has 0 amide bonds. The molecule has 0 N–H and O–H groups in total. The van der Waals surface area contributed by atoms with E-state index in [2.05, 4.69) is 23.5 Å². The molecule has 1 radical (unpaired) electrons. The van der Waals surface area contributed by atoms with Crippen LogP contribution >= 0.6 is 0 Å². The molecule has 0 spiro atoms. The normalized spacial score (nSPS) is 7.91. The van der Waals surface area contributed by atoms with Crippen molar-refractivity contribution in [3.05, 3.63) is 30.1 Å². The predicted molar refractivity (Wildman–Crippen MR) is 51.1 cm³/mol. The second-order valence-electron chi connectivity index (χ2n) is 2.25. The SMILES string of the molecule is CCc1ccccn1.[CH3][Al][CH3]. The maximum Gasteiger partial charge on any atom is 0.191 e. The zero-order valence-electron chi connectivity index (χ0n) is 7.54. The number of hydrogen-bond acceptors (Lipinski definition) is 1. The number of pyridine rings is 1. The average molecular weight is 164 g/mol.